The molecule has 6 nitrogen and oxygen atoms in total. The van der Waals surface area contributed by atoms with Gasteiger partial charge in [-0.3, -0.25) is 0 Å². The number of guanidine groups is 1. The average molecular weight is 343 g/mol. The number of benzene rings is 2. The Morgan fingerprint density at radius 3 is 2.32 bits per heavy atom. The molecule has 0 heterocycles. The molecule has 25 heavy (non-hydrogen) atoms. The highest BCUT2D eigenvalue weighted by atomic mass is 16.5. The van der Waals surface area contributed by atoms with Gasteiger partial charge in [-0.1, -0.05) is 12.1 Å². The quantitative estimate of drug-likeness (QED) is 0.390. The average Bonchev–Trinajstić information content (AvgIpc) is 2.65. The summed E-state index contributed by atoms with van der Waals surface area (Å²) in [6, 6.07) is 14.5. The van der Waals surface area contributed by atoms with E-state index in [2.05, 4.69) is 15.6 Å². The summed E-state index contributed by atoms with van der Waals surface area (Å²) >= 11 is 0. The molecule has 134 valence electrons. The van der Waals surface area contributed by atoms with Crippen LogP contribution in [0.1, 0.15) is 12.5 Å². The van der Waals surface area contributed by atoms with Gasteiger partial charge in [0.1, 0.15) is 23.9 Å². The lowest BCUT2D eigenvalue weighted by atomic mass is 10.2. The molecule has 0 atom stereocenters. The van der Waals surface area contributed by atoms with E-state index in [9.17, 15) is 5.11 Å². The van der Waals surface area contributed by atoms with E-state index in [4.69, 9.17) is 9.47 Å². The molecule has 0 aliphatic carbocycles. The molecule has 2 aromatic rings. The fourth-order valence-electron chi connectivity index (χ4n) is 2.12. The molecule has 0 bridgehead atoms. The van der Waals surface area contributed by atoms with Crippen molar-refractivity contribution in [1.29, 1.82) is 0 Å². The summed E-state index contributed by atoms with van der Waals surface area (Å²) in [6.07, 6.45) is 0. The second kappa shape index (κ2) is 10.1. The molecule has 0 aliphatic heterocycles. The molecule has 0 fully saturated rings. The lowest BCUT2D eigenvalue weighted by Gasteiger charge is -2.12. The van der Waals surface area contributed by atoms with Crippen molar-refractivity contribution in [2.24, 2.45) is 4.99 Å². The second-order valence-electron chi connectivity index (χ2n) is 5.31. The summed E-state index contributed by atoms with van der Waals surface area (Å²) < 4.78 is 10.8. The number of phenols is 1. The molecule has 0 unspecified atom stereocenters. The van der Waals surface area contributed by atoms with Crippen molar-refractivity contribution in [3.8, 4) is 17.2 Å². The fourth-order valence-corrected chi connectivity index (χ4v) is 2.12. The van der Waals surface area contributed by atoms with Crippen LogP contribution in [0.5, 0.6) is 17.2 Å². The maximum atomic E-state index is 9.30. The number of nitrogens with one attached hydrogen (secondary N) is 2. The highest BCUT2D eigenvalue weighted by molar-refractivity contribution is 5.79. The van der Waals surface area contributed by atoms with Crippen molar-refractivity contribution >= 4 is 5.96 Å². The Bertz CT molecular complexity index is 655. The summed E-state index contributed by atoms with van der Waals surface area (Å²) in [5.41, 5.74) is 1.03. The summed E-state index contributed by atoms with van der Waals surface area (Å²) in [6.45, 7) is 4.49. The monoisotopic (exact) mass is 343 g/mol. The van der Waals surface area contributed by atoms with Crippen LogP contribution in [-0.4, -0.2) is 37.9 Å². The number of ether oxygens (including phenoxy) is 2. The smallest absolute Gasteiger partial charge is 0.191 e. The standard InChI is InChI=1S/C19H25N3O3/c1-3-20-19(22-14-15-4-6-16(23)7-5-15)21-12-13-25-18-10-8-17(24-2)9-11-18/h4-11,23H,3,12-14H2,1-2H3,(H2,20,21,22). The van der Waals surface area contributed by atoms with Crippen LogP contribution in [0.15, 0.2) is 53.5 Å². The Morgan fingerprint density at radius 1 is 1.00 bits per heavy atom. The van der Waals surface area contributed by atoms with Crippen LogP contribution < -0.4 is 20.1 Å². The first-order valence-corrected chi connectivity index (χ1v) is 8.28. The number of phenolic OH excluding ortho intramolecular Hbond substituents is 1. The third-order valence-electron chi connectivity index (χ3n) is 3.42. The van der Waals surface area contributed by atoms with Crippen LogP contribution in [0.3, 0.4) is 0 Å². The number of hydrogen-bond acceptors (Lipinski definition) is 4. The van der Waals surface area contributed by atoms with Crippen LogP contribution in [-0.2, 0) is 6.54 Å². The van der Waals surface area contributed by atoms with Crippen molar-refractivity contribution in [2.45, 2.75) is 13.5 Å². The zero-order valence-corrected chi connectivity index (χ0v) is 14.7. The third-order valence-corrected chi connectivity index (χ3v) is 3.42. The van der Waals surface area contributed by atoms with E-state index in [1.165, 1.54) is 0 Å². The van der Waals surface area contributed by atoms with Crippen LogP contribution in [0.2, 0.25) is 0 Å². The van der Waals surface area contributed by atoms with Gasteiger partial charge in [0.15, 0.2) is 5.96 Å². The van der Waals surface area contributed by atoms with Crippen molar-refractivity contribution in [2.75, 3.05) is 26.8 Å². The lowest BCUT2D eigenvalue weighted by molar-refractivity contribution is 0.321. The number of rotatable bonds is 8. The third kappa shape index (κ3) is 6.63. The van der Waals surface area contributed by atoms with Crippen molar-refractivity contribution in [3.05, 3.63) is 54.1 Å². The summed E-state index contributed by atoms with van der Waals surface area (Å²) in [7, 11) is 1.64. The first kappa shape index (κ1) is 18.4. The summed E-state index contributed by atoms with van der Waals surface area (Å²) in [5, 5.41) is 15.7. The minimum Gasteiger partial charge on any atom is -0.508 e. The van der Waals surface area contributed by atoms with E-state index in [0.717, 1.165) is 29.6 Å². The van der Waals surface area contributed by atoms with Gasteiger partial charge in [0, 0.05) is 6.54 Å². The molecule has 0 amide bonds. The van der Waals surface area contributed by atoms with Crippen LogP contribution in [0.25, 0.3) is 0 Å². The van der Waals surface area contributed by atoms with Gasteiger partial charge in [-0.05, 0) is 48.9 Å². The van der Waals surface area contributed by atoms with Gasteiger partial charge < -0.3 is 25.2 Å². The predicted octanol–water partition coefficient (Wildman–Crippen LogP) is 2.53. The molecule has 6 heteroatoms. The summed E-state index contributed by atoms with van der Waals surface area (Å²) in [5.74, 6) is 2.59. The Kier molecular flexibility index (Phi) is 7.43. The van der Waals surface area contributed by atoms with Gasteiger partial charge in [0.2, 0.25) is 0 Å². The minimum atomic E-state index is 0.258. The topological polar surface area (TPSA) is 75.1 Å². The number of aliphatic imine (C=N–C) groups is 1. The van der Waals surface area contributed by atoms with Gasteiger partial charge in [-0.2, -0.15) is 0 Å². The van der Waals surface area contributed by atoms with Crippen LogP contribution in [0.4, 0.5) is 0 Å². The Morgan fingerprint density at radius 2 is 1.68 bits per heavy atom. The molecule has 0 radical (unpaired) electrons. The van der Waals surface area contributed by atoms with E-state index in [1.54, 1.807) is 19.2 Å². The maximum absolute atomic E-state index is 9.30. The number of aromatic hydroxyl groups is 1. The van der Waals surface area contributed by atoms with E-state index < -0.39 is 0 Å². The number of methoxy groups -OCH3 is 1. The highest BCUT2D eigenvalue weighted by Gasteiger charge is 1.99. The van der Waals surface area contributed by atoms with Gasteiger partial charge in [-0.15, -0.1) is 0 Å². The Hall–Kier alpha value is -2.89. The van der Waals surface area contributed by atoms with Gasteiger partial charge in [-0.25, -0.2) is 4.99 Å². The van der Waals surface area contributed by atoms with Crippen molar-refractivity contribution < 1.29 is 14.6 Å². The molecule has 0 saturated carbocycles. The molecular formula is C19H25N3O3. The Balaban J connectivity index is 1.77. The zero-order valence-electron chi connectivity index (χ0n) is 14.7. The number of hydrogen-bond donors (Lipinski definition) is 3. The normalized spacial score (nSPS) is 11.0. The van der Waals surface area contributed by atoms with Crippen LogP contribution in [0, 0.1) is 0 Å². The SMILES string of the molecule is CCNC(=NCc1ccc(O)cc1)NCCOc1ccc(OC)cc1. The largest absolute Gasteiger partial charge is 0.508 e. The second-order valence-corrected chi connectivity index (χ2v) is 5.31. The van der Waals surface area contributed by atoms with E-state index in [-0.39, 0.29) is 5.75 Å². The molecule has 3 N–H and O–H groups in total. The molecule has 0 aliphatic rings. The van der Waals surface area contributed by atoms with Gasteiger partial charge >= 0.3 is 0 Å². The molecule has 0 spiro atoms. The molecule has 2 rings (SSSR count). The predicted molar refractivity (Wildman–Crippen MR) is 99.4 cm³/mol. The summed E-state index contributed by atoms with van der Waals surface area (Å²) in [4.78, 5) is 4.52. The van der Waals surface area contributed by atoms with Crippen molar-refractivity contribution in [1.82, 2.24) is 10.6 Å². The minimum absolute atomic E-state index is 0.258. The fraction of sp³-hybridized carbons (Fsp3) is 0.316. The first-order valence-electron chi connectivity index (χ1n) is 8.28. The van der Waals surface area contributed by atoms with E-state index in [1.807, 2.05) is 43.3 Å². The van der Waals surface area contributed by atoms with Crippen molar-refractivity contribution in [3.63, 3.8) is 0 Å². The first-order chi connectivity index (χ1) is 12.2. The molecule has 0 saturated heterocycles. The van der Waals surface area contributed by atoms with Gasteiger partial charge in [0.05, 0.1) is 20.2 Å². The number of nitrogens with zero attached hydrogens (tertiary/aromatic N) is 1. The van der Waals surface area contributed by atoms with E-state index >= 15 is 0 Å². The molecule has 0 aromatic heterocycles. The molecule has 2 aromatic carbocycles. The molecular weight excluding hydrogens is 318 g/mol. The van der Waals surface area contributed by atoms with E-state index in [0.29, 0.717) is 19.7 Å². The lowest BCUT2D eigenvalue weighted by Crippen LogP contribution is -2.39. The Labute approximate surface area is 148 Å². The highest BCUT2D eigenvalue weighted by Crippen LogP contribution is 2.16. The van der Waals surface area contributed by atoms with Gasteiger partial charge in [0.25, 0.3) is 0 Å². The zero-order chi connectivity index (χ0) is 17.9. The van der Waals surface area contributed by atoms with Crippen LogP contribution >= 0.6 is 0 Å². The maximum Gasteiger partial charge on any atom is 0.191 e.